The first-order chi connectivity index (χ1) is 7.20. The Hall–Kier alpha value is -0.810. The van der Waals surface area contributed by atoms with Crippen molar-refractivity contribution in [2.45, 2.75) is 31.4 Å². The molecular weight excluding hydrogens is 208 g/mol. The van der Waals surface area contributed by atoms with Crippen molar-refractivity contribution in [1.29, 1.82) is 0 Å². The third-order valence-corrected chi connectivity index (χ3v) is 3.40. The number of nitrogens with one attached hydrogen (secondary N) is 1. The highest BCUT2D eigenvalue weighted by Gasteiger charge is 2.19. The Bertz CT molecular complexity index is 367. The first-order valence-electron chi connectivity index (χ1n) is 5.11. The van der Waals surface area contributed by atoms with Gasteiger partial charge in [0.2, 0.25) is 0 Å². The van der Waals surface area contributed by atoms with Crippen LogP contribution in [-0.4, -0.2) is 22.6 Å². The summed E-state index contributed by atoms with van der Waals surface area (Å²) in [5.74, 6) is 3.82. The van der Waals surface area contributed by atoms with Crippen LogP contribution < -0.4 is 11.1 Å². The molecule has 15 heavy (non-hydrogen) atoms. The minimum absolute atomic E-state index is 0.258. The van der Waals surface area contributed by atoms with E-state index < -0.39 is 0 Å². The number of thioether (sulfide) groups is 1. The van der Waals surface area contributed by atoms with Crippen LogP contribution in [0.2, 0.25) is 0 Å². The number of aromatic nitrogens is 2. The van der Waals surface area contributed by atoms with Crippen molar-refractivity contribution in [3.63, 3.8) is 0 Å². The fraction of sp³-hybridized carbons (Fsp3) is 0.600. The van der Waals surface area contributed by atoms with E-state index in [1.54, 1.807) is 0 Å². The molecule has 1 aromatic rings. The van der Waals surface area contributed by atoms with E-state index in [-0.39, 0.29) is 6.04 Å². The van der Waals surface area contributed by atoms with Gasteiger partial charge in [0, 0.05) is 29.7 Å². The second-order valence-corrected chi connectivity index (χ2v) is 4.80. The van der Waals surface area contributed by atoms with Gasteiger partial charge in [-0.2, -0.15) is 11.8 Å². The van der Waals surface area contributed by atoms with Crippen LogP contribution >= 0.6 is 11.8 Å². The lowest BCUT2D eigenvalue weighted by Crippen LogP contribution is -2.26. The molecule has 82 valence electrons. The summed E-state index contributed by atoms with van der Waals surface area (Å²) in [6.07, 6.45) is 0. The van der Waals surface area contributed by atoms with Gasteiger partial charge in [0.15, 0.2) is 0 Å². The van der Waals surface area contributed by atoms with E-state index in [2.05, 4.69) is 22.2 Å². The molecule has 2 heterocycles. The summed E-state index contributed by atoms with van der Waals surface area (Å²) >= 11 is 1.89. The highest BCUT2D eigenvalue weighted by atomic mass is 32.2. The molecule has 0 radical (unpaired) electrons. The molecule has 1 aromatic heterocycles. The van der Waals surface area contributed by atoms with Gasteiger partial charge in [-0.15, -0.1) is 0 Å². The number of hydrogen-bond acceptors (Lipinski definition) is 5. The second kappa shape index (κ2) is 4.37. The minimum atomic E-state index is 0.258. The van der Waals surface area contributed by atoms with Gasteiger partial charge in [0.05, 0.1) is 5.69 Å². The zero-order valence-corrected chi connectivity index (χ0v) is 9.90. The van der Waals surface area contributed by atoms with Crippen LogP contribution in [-0.2, 0) is 11.5 Å². The molecule has 0 aliphatic carbocycles. The summed E-state index contributed by atoms with van der Waals surface area (Å²) in [7, 11) is 0. The number of rotatable bonds is 3. The number of nitrogens with two attached hydrogens (primary N) is 1. The van der Waals surface area contributed by atoms with Crippen molar-refractivity contribution in [2.75, 3.05) is 11.9 Å². The van der Waals surface area contributed by atoms with Crippen LogP contribution in [0.15, 0.2) is 0 Å². The topological polar surface area (TPSA) is 63.8 Å². The van der Waals surface area contributed by atoms with Crippen molar-refractivity contribution in [2.24, 2.45) is 5.73 Å². The molecule has 1 aliphatic rings. The highest BCUT2D eigenvalue weighted by molar-refractivity contribution is 7.98. The summed E-state index contributed by atoms with van der Waals surface area (Å²) in [4.78, 5) is 8.89. The van der Waals surface area contributed by atoms with E-state index in [1.165, 1.54) is 11.3 Å². The van der Waals surface area contributed by atoms with E-state index in [9.17, 15) is 0 Å². The molecule has 0 spiro atoms. The van der Waals surface area contributed by atoms with Gasteiger partial charge >= 0.3 is 0 Å². The normalized spacial score (nSPS) is 16.2. The van der Waals surface area contributed by atoms with Crippen molar-refractivity contribution < 1.29 is 0 Å². The average Bonchev–Trinajstić information content (AvgIpc) is 2.65. The second-order valence-electron chi connectivity index (χ2n) is 3.82. The summed E-state index contributed by atoms with van der Waals surface area (Å²) in [6, 6.07) is 0.258. The lowest BCUT2D eigenvalue weighted by atomic mass is 10.2. The van der Waals surface area contributed by atoms with E-state index in [0.29, 0.717) is 6.54 Å². The van der Waals surface area contributed by atoms with Crippen LogP contribution in [0.5, 0.6) is 0 Å². The molecule has 1 unspecified atom stereocenters. The third kappa shape index (κ3) is 2.23. The number of aryl methyl sites for hydroxylation is 1. The monoisotopic (exact) mass is 224 g/mol. The minimum Gasteiger partial charge on any atom is -0.366 e. The Labute approximate surface area is 94.1 Å². The predicted octanol–water partition coefficient (Wildman–Crippen LogP) is 1.29. The van der Waals surface area contributed by atoms with Crippen molar-refractivity contribution in [3.05, 3.63) is 17.1 Å². The zero-order chi connectivity index (χ0) is 10.8. The molecule has 0 aromatic carbocycles. The molecule has 0 saturated carbocycles. The van der Waals surface area contributed by atoms with Crippen molar-refractivity contribution >= 4 is 17.6 Å². The molecule has 1 aliphatic heterocycles. The predicted molar refractivity (Wildman–Crippen MR) is 63.9 cm³/mol. The number of nitrogens with zero attached hydrogens (tertiary/aromatic N) is 2. The van der Waals surface area contributed by atoms with E-state index in [1.807, 2.05) is 18.7 Å². The fourth-order valence-electron chi connectivity index (χ4n) is 1.59. The molecule has 0 fully saturated rings. The van der Waals surface area contributed by atoms with Crippen LogP contribution in [0.3, 0.4) is 0 Å². The SMILES string of the molecule is Cc1nc2c(c(NC(C)CN)n1)CSC2. The van der Waals surface area contributed by atoms with Gasteiger partial charge in [-0.05, 0) is 13.8 Å². The standard InChI is InChI=1S/C10H16N4S/c1-6(3-11)12-10-8-4-15-5-9(8)13-7(2)14-10/h6H,3-5,11H2,1-2H3,(H,12,13,14). The van der Waals surface area contributed by atoms with Crippen LogP contribution in [0.1, 0.15) is 24.0 Å². The van der Waals surface area contributed by atoms with Crippen molar-refractivity contribution in [1.82, 2.24) is 9.97 Å². The number of hydrogen-bond donors (Lipinski definition) is 2. The van der Waals surface area contributed by atoms with Gasteiger partial charge in [0.25, 0.3) is 0 Å². The summed E-state index contributed by atoms with van der Waals surface area (Å²) < 4.78 is 0. The zero-order valence-electron chi connectivity index (χ0n) is 9.08. The molecule has 0 bridgehead atoms. The molecule has 0 amide bonds. The van der Waals surface area contributed by atoms with Gasteiger partial charge < -0.3 is 11.1 Å². The number of fused-ring (bicyclic) bond motifs is 1. The maximum Gasteiger partial charge on any atom is 0.134 e. The van der Waals surface area contributed by atoms with E-state index in [0.717, 1.165) is 23.1 Å². The summed E-state index contributed by atoms with van der Waals surface area (Å²) in [6.45, 7) is 4.61. The van der Waals surface area contributed by atoms with Gasteiger partial charge in [0.1, 0.15) is 11.6 Å². The Balaban J connectivity index is 2.30. The molecule has 1 atom stereocenters. The average molecular weight is 224 g/mol. The first kappa shape index (κ1) is 10.7. The molecule has 5 heteroatoms. The van der Waals surface area contributed by atoms with Crippen molar-refractivity contribution in [3.8, 4) is 0 Å². The number of anilines is 1. The molecule has 2 rings (SSSR count). The van der Waals surface area contributed by atoms with E-state index >= 15 is 0 Å². The Morgan fingerprint density at radius 3 is 3.00 bits per heavy atom. The van der Waals surface area contributed by atoms with Crippen LogP contribution in [0.25, 0.3) is 0 Å². The molecule has 0 saturated heterocycles. The fourth-order valence-corrected chi connectivity index (χ4v) is 2.63. The largest absolute Gasteiger partial charge is 0.366 e. The molecule has 3 N–H and O–H groups in total. The lowest BCUT2D eigenvalue weighted by Gasteiger charge is -2.15. The van der Waals surface area contributed by atoms with Crippen LogP contribution in [0, 0.1) is 6.92 Å². The maximum atomic E-state index is 5.59. The first-order valence-corrected chi connectivity index (χ1v) is 6.27. The van der Waals surface area contributed by atoms with Crippen LogP contribution in [0.4, 0.5) is 5.82 Å². The van der Waals surface area contributed by atoms with E-state index in [4.69, 9.17) is 5.73 Å². The van der Waals surface area contributed by atoms with Gasteiger partial charge in [-0.3, -0.25) is 0 Å². The molecular formula is C10H16N4S. The van der Waals surface area contributed by atoms with Gasteiger partial charge in [-0.1, -0.05) is 0 Å². The Kier molecular flexibility index (Phi) is 3.11. The summed E-state index contributed by atoms with van der Waals surface area (Å²) in [5.41, 5.74) is 8.03. The highest BCUT2D eigenvalue weighted by Crippen LogP contribution is 2.32. The van der Waals surface area contributed by atoms with Gasteiger partial charge in [-0.25, -0.2) is 9.97 Å². The maximum absolute atomic E-state index is 5.59. The lowest BCUT2D eigenvalue weighted by molar-refractivity contribution is 0.791. The molecule has 4 nitrogen and oxygen atoms in total. The third-order valence-electron chi connectivity index (χ3n) is 2.43. The summed E-state index contributed by atoms with van der Waals surface area (Å²) in [5, 5.41) is 3.34. The quantitative estimate of drug-likeness (QED) is 0.810. The Morgan fingerprint density at radius 1 is 1.47 bits per heavy atom. The smallest absolute Gasteiger partial charge is 0.134 e. The Morgan fingerprint density at radius 2 is 2.27 bits per heavy atom.